The number of guanidine groups is 1. The van der Waals surface area contributed by atoms with Gasteiger partial charge in [0.05, 0.1) is 4.90 Å². The summed E-state index contributed by atoms with van der Waals surface area (Å²) >= 11 is 1.74. The lowest BCUT2D eigenvalue weighted by Crippen LogP contribution is -2.42. The van der Waals surface area contributed by atoms with Crippen molar-refractivity contribution in [3.8, 4) is 0 Å². The largest absolute Gasteiger partial charge is 0.356 e. The van der Waals surface area contributed by atoms with E-state index in [4.69, 9.17) is 0 Å². The van der Waals surface area contributed by atoms with Crippen LogP contribution in [-0.4, -0.2) is 41.1 Å². The normalized spacial score (nSPS) is 13.4. The molecule has 0 bridgehead atoms. The van der Waals surface area contributed by atoms with Gasteiger partial charge in [0.1, 0.15) is 0 Å². The van der Waals surface area contributed by atoms with Crippen LogP contribution in [0.4, 0.5) is 0 Å². The lowest BCUT2D eigenvalue weighted by molar-refractivity contribution is 0.579. The van der Waals surface area contributed by atoms with E-state index < -0.39 is 10.0 Å². The van der Waals surface area contributed by atoms with Gasteiger partial charge < -0.3 is 10.6 Å². The molecule has 1 unspecified atom stereocenters. The van der Waals surface area contributed by atoms with Gasteiger partial charge in [-0.2, -0.15) is 0 Å². The topological polar surface area (TPSA) is 82.6 Å². The molecule has 0 amide bonds. The first-order valence-electron chi connectivity index (χ1n) is 8.88. The summed E-state index contributed by atoms with van der Waals surface area (Å²) in [6, 6.07) is 9.59. The minimum absolute atomic E-state index is 0.275. The van der Waals surface area contributed by atoms with E-state index in [-0.39, 0.29) is 6.54 Å². The first-order valence-corrected chi connectivity index (χ1v) is 11.2. The Balaban J connectivity index is 1.79. The number of nitrogens with one attached hydrogen (secondary N) is 3. The molecule has 0 radical (unpaired) electrons. The molecule has 1 aromatic heterocycles. The van der Waals surface area contributed by atoms with Crippen LogP contribution < -0.4 is 15.4 Å². The minimum atomic E-state index is -3.52. The summed E-state index contributed by atoms with van der Waals surface area (Å²) in [5.74, 6) is 1.04. The molecule has 0 aliphatic heterocycles. The van der Waals surface area contributed by atoms with Gasteiger partial charge >= 0.3 is 0 Å². The number of rotatable bonds is 8. The van der Waals surface area contributed by atoms with Crippen LogP contribution in [0.1, 0.15) is 28.8 Å². The van der Waals surface area contributed by atoms with Crippen LogP contribution in [0.5, 0.6) is 0 Å². The summed E-state index contributed by atoms with van der Waals surface area (Å²) in [4.78, 5) is 5.83. The molecule has 0 aliphatic rings. The molecule has 1 atom stereocenters. The van der Waals surface area contributed by atoms with Crippen LogP contribution in [0.3, 0.4) is 0 Å². The predicted octanol–water partition coefficient (Wildman–Crippen LogP) is 2.61. The molecular weight excluding hydrogens is 380 g/mol. The second-order valence-electron chi connectivity index (χ2n) is 6.46. The first kappa shape index (κ1) is 21.4. The van der Waals surface area contributed by atoms with Gasteiger partial charge in [0.15, 0.2) is 5.96 Å². The van der Waals surface area contributed by atoms with Crippen molar-refractivity contribution in [1.82, 2.24) is 15.4 Å². The van der Waals surface area contributed by atoms with Crippen molar-refractivity contribution in [3.63, 3.8) is 0 Å². The highest BCUT2D eigenvalue weighted by atomic mass is 32.2. The smallest absolute Gasteiger partial charge is 0.240 e. The second kappa shape index (κ2) is 9.87. The SMILES string of the molecule is CN=C(NCCNS(=O)(=O)c1cc(C)ccc1C)NCC(C)c1cccs1. The van der Waals surface area contributed by atoms with Gasteiger partial charge in [-0.05, 0) is 42.5 Å². The maximum atomic E-state index is 12.5. The third-order valence-corrected chi connectivity index (χ3v) is 6.88. The van der Waals surface area contributed by atoms with Crippen LogP contribution in [0.25, 0.3) is 0 Å². The molecule has 1 aromatic carbocycles. The Hall–Kier alpha value is -1.90. The van der Waals surface area contributed by atoms with E-state index in [0.717, 1.165) is 17.7 Å². The van der Waals surface area contributed by atoms with Gasteiger partial charge in [0.2, 0.25) is 10.0 Å². The molecule has 3 N–H and O–H groups in total. The maximum Gasteiger partial charge on any atom is 0.240 e. The number of hydrogen-bond donors (Lipinski definition) is 3. The first-order chi connectivity index (χ1) is 12.8. The fraction of sp³-hybridized carbons (Fsp3) is 0.421. The molecule has 1 heterocycles. The van der Waals surface area contributed by atoms with Crippen LogP contribution in [0.2, 0.25) is 0 Å². The lowest BCUT2D eigenvalue weighted by atomic mass is 10.1. The highest BCUT2D eigenvalue weighted by Crippen LogP contribution is 2.19. The number of aryl methyl sites for hydroxylation is 2. The van der Waals surface area contributed by atoms with Crippen molar-refractivity contribution < 1.29 is 8.42 Å². The molecule has 0 saturated heterocycles. The van der Waals surface area contributed by atoms with E-state index in [1.54, 1.807) is 31.4 Å². The monoisotopic (exact) mass is 408 g/mol. The summed E-state index contributed by atoms with van der Waals surface area (Å²) in [6.45, 7) is 7.31. The fourth-order valence-corrected chi connectivity index (χ4v) is 4.73. The third-order valence-electron chi connectivity index (χ3n) is 4.17. The summed E-state index contributed by atoms with van der Waals surface area (Å²) in [6.07, 6.45) is 0. The molecule has 0 aliphatic carbocycles. The van der Waals surface area contributed by atoms with Crippen molar-refractivity contribution in [2.75, 3.05) is 26.7 Å². The molecule has 27 heavy (non-hydrogen) atoms. The number of nitrogens with zero attached hydrogens (tertiary/aromatic N) is 1. The molecular formula is C19H28N4O2S2. The van der Waals surface area contributed by atoms with Gasteiger partial charge in [-0.1, -0.05) is 25.1 Å². The highest BCUT2D eigenvalue weighted by molar-refractivity contribution is 7.89. The number of thiophene rings is 1. The van der Waals surface area contributed by atoms with E-state index >= 15 is 0 Å². The third kappa shape index (κ3) is 6.34. The molecule has 148 valence electrons. The zero-order chi connectivity index (χ0) is 19.9. The molecule has 0 fully saturated rings. The van der Waals surface area contributed by atoms with E-state index in [2.05, 4.69) is 38.7 Å². The number of sulfonamides is 1. The van der Waals surface area contributed by atoms with Crippen molar-refractivity contribution >= 4 is 27.3 Å². The Kier molecular flexibility index (Phi) is 7.82. The second-order valence-corrected chi connectivity index (χ2v) is 9.18. The van der Waals surface area contributed by atoms with Crippen molar-refractivity contribution in [2.45, 2.75) is 31.6 Å². The molecule has 8 heteroatoms. The minimum Gasteiger partial charge on any atom is -0.356 e. The van der Waals surface area contributed by atoms with E-state index in [1.807, 2.05) is 25.1 Å². The van der Waals surface area contributed by atoms with Gasteiger partial charge in [-0.3, -0.25) is 4.99 Å². The molecule has 2 aromatic rings. The number of benzene rings is 1. The Morgan fingerprint density at radius 3 is 2.63 bits per heavy atom. The Morgan fingerprint density at radius 1 is 1.19 bits per heavy atom. The molecule has 6 nitrogen and oxygen atoms in total. The Morgan fingerprint density at radius 2 is 1.96 bits per heavy atom. The zero-order valence-corrected chi connectivity index (χ0v) is 17.9. The van der Waals surface area contributed by atoms with Crippen LogP contribution >= 0.6 is 11.3 Å². The summed E-state index contributed by atoms with van der Waals surface area (Å²) in [5.41, 5.74) is 1.66. The Labute approximate surface area is 166 Å². The molecule has 0 saturated carbocycles. The quantitative estimate of drug-likeness (QED) is 0.356. The van der Waals surface area contributed by atoms with Gasteiger partial charge in [0, 0.05) is 37.5 Å². The summed E-state index contributed by atoms with van der Waals surface area (Å²) < 4.78 is 27.6. The van der Waals surface area contributed by atoms with Crippen molar-refractivity contribution in [1.29, 1.82) is 0 Å². The Bertz CT molecular complexity index is 862. The van der Waals surface area contributed by atoms with Gasteiger partial charge in [0.25, 0.3) is 0 Å². The molecule has 0 spiro atoms. The van der Waals surface area contributed by atoms with Crippen molar-refractivity contribution in [3.05, 3.63) is 51.7 Å². The molecule has 2 rings (SSSR count). The number of hydrogen-bond acceptors (Lipinski definition) is 4. The van der Waals surface area contributed by atoms with Crippen LogP contribution in [-0.2, 0) is 10.0 Å². The van der Waals surface area contributed by atoms with E-state index in [1.165, 1.54) is 4.88 Å². The fourth-order valence-electron chi connectivity index (χ4n) is 2.58. The van der Waals surface area contributed by atoms with Crippen LogP contribution in [0, 0.1) is 13.8 Å². The summed E-state index contributed by atoms with van der Waals surface area (Å²) in [5, 5.41) is 8.48. The van der Waals surface area contributed by atoms with E-state index in [0.29, 0.717) is 23.3 Å². The zero-order valence-electron chi connectivity index (χ0n) is 16.2. The predicted molar refractivity (Wildman–Crippen MR) is 113 cm³/mol. The van der Waals surface area contributed by atoms with Gasteiger partial charge in [-0.25, -0.2) is 13.1 Å². The van der Waals surface area contributed by atoms with Gasteiger partial charge in [-0.15, -0.1) is 11.3 Å². The van der Waals surface area contributed by atoms with Crippen LogP contribution in [0.15, 0.2) is 45.6 Å². The van der Waals surface area contributed by atoms with E-state index in [9.17, 15) is 8.42 Å². The number of aliphatic imine (C=N–C) groups is 1. The maximum absolute atomic E-state index is 12.5. The highest BCUT2D eigenvalue weighted by Gasteiger charge is 2.16. The standard InChI is InChI=1S/C19H28N4O2S2/c1-14-7-8-15(2)18(12-14)27(24,25)23-10-9-21-19(20-4)22-13-16(3)17-6-5-11-26-17/h5-8,11-12,16,23H,9-10,13H2,1-4H3,(H2,20,21,22). The summed E-state index contributed by atoms with van der Waals surface area (Å²) in [7, 11) is -1.82. The average molecular weight is 409 g/mol. The lowest BCUT2D eigenvalue weighted by Gasteiger charge is -2.15. The van der Waals surface area contributed by atoms with Crippen molar-refractivity contribution in [2.24, 2.45) is 4.99 Å². The average Bonchev–Trinajstić information content (AvgIpc) is 3.17.